The second-order valence-corrected chi connectivity index (χ2v) is 13.8. The van der Waals surface area contributed by atoms with Crippen LogP contribution in [-0.4, -0.2) is 75.7 Å². The van der Waals surface area contributed by atoms with Gasteiger partial charge in [-0.05, 0) is 30.7 Å². The number of benzene rings is 1. The van der Waals surface area contributed by atoms with E-state index in [4.69, 9.17) is 14.6 Å². The minimum absolute atomic E-state index is 0.255. The normalized spacial score (nSPS) is 14.0. The van der Waals surface area contributed by atoms with Crippen molar-refractivity contribution in [2.24, 2.45) is 0 Å². The molecule has 0 radical (unpaired) electrons. The van der Waals surface area contributed by atoms with E-state index < -0.39 is 43.6 Å². The third kappa shape index (κ3) is 23.6. The monoisotopic (exact) mass is 681 g/mol. The third-order valence-corrected chi connectivity index (χ3v) is 9.32. The van der Waals surface area contributed by atoms with Crippen molar-refractivity contribution in [2.45, 2.75) is 192 Å². The van der Waals surface area contributed by atoms with Crippen LogP contribution in [0.5, 0.6) is 5.75 Å². The Balaban J connectivity index is 1.88. The van der Waals surface area contributed by atoms with Gasteiger partial charge in [0.05, 0.1) is 18.8 Å². The highest BCUT2D eigenvalue weighted by Gasteiger charge is 2.30. The van der Waals surface area contributed by atoms with Gasteiger partial charge in [-0.3, -0.25) is 0 Å². The number of ether oxygens (including phenoxy) is 2. The summed E-state index contributed by atoms with van der Waals surface area (Å²) in [5.74, 6) is -0.0438. The predicted molar refractivity (Wildman–Crippen MR) is 194 cm³/mol. The standard InChI is InChI=1S/C40H72O8/c1-2-3-4-5-6-7-8-9-10-11-12-13-14-15-16-17-18-19-20-21-22-23-24-25-26-31-47-35-29-27-34(28-30-35)40(46)48-33-37(43)39(45)38(44)36(42)32-41/h27-30,36-39,41-45H,2-26,31-33H2,1H3/t36-,37+,38+,39+/m0/s1. The number of aliphatic hydroxyl groups excluding tert-OH is 5. The molecular weight excluding hydrogens is 608 g/mol. The number of carbonyl (C=O) groups excluding carboxylic acids is 1. The molecule has 4 atom stereocenters. The lowest BCUT2D eigenvalue weighted by Gasteiger charge is -2.25. The Morgan fingerprint density at radius 1 is 0.542 bits per heavy atom. The Labute approximate surface area is 292 Å². The SMILES string of the molecule is CCCCCCCCCCCCCCCCCCCCCCCCCCCOc1ccc(C(=O)OC[C@@H](O)[C@@H](O)[C@H](O)[C@@H](O)CO)cc1. The molecule has 48 heavy (non-hydrogen) atoms. The lowest BCUT2D eigenvalue weighted by molar-refractivity contribution is -0.124. The third-order valence-electron chi connectivity index (χ3n) is 9.32. The molecule has 8 heteroatoms. The summed E-state index contributed by atoms with van der Waals surface area (Å²) in [6.45, 7) is 1.55. The number of unbranched alkanes of at least 4 members (excludes halogenated alkanes) is 24. The summed E-state index contributed by atoms with van der Waals surface area (Å²) >= 11 is 0. The van der Waals surface area contributed by atoms with Crippen LogP contribution in [0.15, 0.2) is 24.3 Å². The molecule has 0 unspecified atom stereocenters. The van der Waals surface area contributed by atoms with Gasteiger partial charge >= 0.3 is 5.97 Å². The summed E-state index contributed by atoms with van der Waals surface area (Å²) in [6, 6.07) is 6.49. The van der Waals surface area contributed by atoms with Gasteiger partial charge in [-0.1, -0.05) is 161 Å². The van der Waals surface area contributed by atoms with Gasteiger partial charge in [0.25, 0.3) is 0 Å². The van der Waals surface area contributed by atoms with Gasteiger partial charge in [0, 0.05) is 0 Å². The Bertz CT molecular complexity index is 848. The molecule has 1 rings (SSSR count). The van der Waals surface area contributed by atoms with Crippen LogP contribution < -0.4 is 4.74 Å². The van der Waals surface area contributed by atoms with Gasteiger partial charge in [-0.25, -0.2) is 4.79 Å². The van der Waals surface area contributed by atoms with Gasteiger partial charge < -0.3 is 35.0 Å². The van der Waals surface area contributed by atoms with Crippen molar-refractivity contribution in [3.05, 3.63) is 29.8 Å². The van der Waals surface area contributed by atoms with Crippen LogP contribution in [0.2, 0.25) is 0 Å². The molecule has 1 aromatic carbocycles. The van der Waals surface area contributed by atoms with E-state index in [9.17, 15) is 25.2 Å². The second kappa shape index (κ2) is 31.3. The average molecular weight is 681 g/mol. The lowest BCUT2D eigenvalue weighted by atomic mass is 10.0. The zero-order valence-corrected chi connectivity index (χ0v) is 30.4. The van der Waals surface area contributed by atoms with Crippen molar-refractivity contribution < 1.29 is 39.8 Å². The van der Waals surface area contributed by atoms with Crippen LogP contribution in [-0.2, 0) is 4.74 Å². The molecule has 0 bridgehead atoms. The second-order valence-electron chi connectivity index (χ2n) is 13.8. The van der Waals surface area contributed by atoms with E-state index in [1.54, 1.807) is 24.3 Å². The Kier molecular flexibility index (Phi) is 28.9. The highest BCUT2D eigenvalue weighted by molar-refractivity contribution is 5.89. The first-order chi connectivity index (χ1) is 23.4. The molecule has 0 saturated carbocycles. The average Bonchev–Trinajstić information content (AvgIpc) is 3.11. The fourth-order valence-electron chi connectivity index (χ4n) is 6.02. The quantitative estimate of drug-likeness (QED) is 0.0361. The van der Waals surface area contributed by atoms with Gasteiger partial charge in [-0.2, -0.15) is 0 Å². The van der Waals surface area contributed by atoms with E-state index in [1.165, 1.54) is 148 Å². The summed E-state index contributed by atoms with van der Waals surface area (Å²) in [6.07, 6.45) is 27.6. The number of hydrogen-bond acceptors (Lipinski definition) is 8. The maximum Gasteiger partial charge on any atom is 0.338 e. The van der Waals surface area contributed by atoms with Gasteiger partial charge in [0.1, 0.15) is 36.8 Å². The van der Waals surface area contributed by atoms with E-state index in [0.717, 1.165) is 12.8 Å². The highest BCUT2D eigenvalue weighted by atomic mass is 16.5. The smallest absolute Gasteiger partial charge is 0.338 e. The topological polar surface area (TPSA) is 137 Å². The van der Waals surface area contributed by atoms with Crippen LogP contribution in [0.3, 0.4) is 0 Å². The van der Waals surface area contributed by atoms with Crippen LogP contribution in [0, 0.1) is 0 Å². The first-order valence-electron chi connectivity index (χ1n) is 19.6. The number of hydrogen-bond donors (Lipinski definition) is 5. The van der Waals surface area contributed by atoms with Crippen molar-refractivity contribution in [1.82, 2.24) is 0 Å². The van der Waals surface area contributed by atoms with E-state index >= 15 is 0 Å². The summed E-state index contributed by atoms with van der Waals surface area (Å²) in [7, 11) is 0. The van der Waals surface area contributed by atoms with Crippen molar-refractivity contribution in [3.63, 3.8) is 0 Å². The summed E-state index contributed by atoms with van der Waals surface area (Å²) in [4.78, 5) is 12.2. The lowest BCUT2D eigenvalue weighted by Crippen LogP contribution is -2.47. The van der Waals surface area contributed by atoms with Crippen molar-refractivity contribution in [3.8, 4) is 5.75 Å². The molecule has 0 heterocycles. The van der Waals surface area contributed by atoms with Crippen LogP contribution in [0.25, 0.3) is 0 Å². The fourth-order valence-corrected chi connectivity index (χ4v) is 6.02. The zero-order valence-electron chi connectivity index (χ0n) is 30.4. The van der Waals surface area contributed by atoms with Gasteiger partial charge in [0.15, 0.2) is 0 Å². The Morgan fingerprint density at radius 2 is 0.896 bits per heavy atom. The van der Waals surface area contributed by atoms with E-state index in [1.807, 2.05) is 0 Å². The molecule has 0 aromatic heterocycles. The number of esters is 1. The molecule has 8 nitrogen and oxygen atoms in total. The molecule has 1 aromatic rings. The summed E-state index contributed by atoms with van der Waals surface area (Å²) in [5, 5.41) is 47.5. The molecule has 0 spiro atoms. The molecule has 0 saturated heterocycles. The highest BCUT2D eigenvalue weighted by Crippen LogP contribution is 2.17. The predicted octanol–water partition coefficient (Wildman–Crippen LogP) is 8.43. The molecule has 0 aliphatic carbocycles. The molecule has 5 N–H and O–H groups in total. The molecule has 280 valence electrons. The van der Waals surface area contributed by atoms with Crippen LogP contribution in [0.1, 0.15) is 178 Å². The fraction of sp³-hybridized carbons (Fsp3) is 0.825. The van der Waals surface area contributed by atoms with Crippen LogP contribution >= 0.6 is 0 Å². The minimum Gasteiger partial charge on any atom is -0.494 e. The van der Waals surface area contributed by atoms with Gasteiger partial charge in [-0.15, -0.1) is 0 Å². The first-order valence-corrected chi connectivity index (χ1v) is 19.6. The largest absolute Gasteiger partial charge is 0.494 e. The summed E-state index contributed by atoms with van der Waals surface area (Å²) < 4.78 is 10.8. The Hall–Kier alpha value is -1.71. The van der Waals surface area contributed by atoms with Crippen molar-refractivity contribution in [1.29, 1.82) is 0 Å². The minimum atomic E-state index is -1.78. The zero-order chi connectivity index (χ0) is 35.1. The molecule has 0 aliphatic rings. The van der Waals surface area contributed by atoms with E-state index in [0.29, 0.717) is 12.4 Å². The molecule has 0 aliphatic heterocycles. The summed E-state index contributed by atoms with van der Waals surface area (Å²) in [5.41, 5.74) is 0.255. The molecule has 0 amide bonds. The molecule has 0 fully saturated rings. The molecular formula is C40H72O8. The van der Waals surface area contributed by atoms with Crippen LogP contribution in [0.4, 0.5) is 0 Å². The maximum absolute atomic E-state index is 12.2. The van der Waals surface area contributed by atoms with E-state index in [-0.39, 0.29) is 5.56 Å². The number of carbonyl (C=O) groups is 1. The Morgan fingerprint density at radius 3 is 1.27 bits per heavy atom. The maximum atomic E-state index is 12.2. The van der Waals surface area contributed by atoms with Crippen molar-refractivity contribution >= 4 is 5.97 Å². The number of aliphatic hydroxyl groups is 5. The number of rotatable bonds is 34. The van der Waals surface area contributed by atoms with Gasteiger partial charge in [0.2, 0.25) is 0 Å². The van der Waals surface area contributed by atoms with E-state index in [2.05, 4.69) is 6.92 Å². The first kappa shape index (κ1) is 44.3. The van der Waals surface area contributed by atoms with Crippen molar-refractivity contribution in [2.75, 3.05) is 19.8 Å².